The highest BCUT2D eigenvalue weighted by atomic mass is 16.5. The Morgan fingerprint density at radius 3 is 2.50 bits per heavy atom. The van der Waals surface area contributed by atoms with Crippen LogP contribution in [0, 0.1) is 5.92 Å². The summed E-state index contributed by atoms with van der Waals surface area (Å²) in [5.41, 5.74) is 0.571. The fourth-order valence-electron chi connectivity index (χ4n) is 2.79. The number of para-hydroxylation sites is 2. The molecule has 2 atom stereocenters. The summed E-state index contributed by atoms with van der Waals surface area (Å²) in [6, 6.07) is 6.20. The number of hydrogen-bond donors (Lipinski definition) is 2. The molecular weight excluding hydrogens is 366 g/mol. The second kappa shape index (κ2) is 9.20. The third-order valence-electron chi connectivity index (χ3n) is 4.15. The molecule has 9 heteroatoms. The predicted octanol–water partition coefficient (Wildman–Crippen LogP) is 1.21. The number of imide groups is 1. The van der Waals surface area contributed by atoms with E-state index in [1.54, 1.807) is 38.1 Å². The molecule has 1 aromatic rings. The number of hydrogen-bond acceptors (Lipinski definition) is 6. The number of anilines is 1. The van der Waals surface area contributed by atoms with Crippen molar-refractivity contribution >= 4 is 29.5 Å². The van der Waals surface area contributed by atoms with Crippen molar-refractivity contribution in [1.82, 2.24) is 10.6 Å². The van der Waals surface area contributed by atoms with E-state index >= 15 is 0 Å². The van der Waals surface area contributed by atoms with Gasteiger partial charge < -0.3 is 19.7 Å². The number of rotatable bonds is 6. The maximum absolute atomic E-state index is 12.4. The number of esters is 1. The lowest BCUT2D eigenvalue weighted by atomic mass is 10.1. The largest absolute Gasteiger partial charge is 0.495 e. The van der Waals surface area contributed by atoms with Gasteiger partial charge in [0.25, 0.3) is 5.91 Å². The Balaban J connectivity index is 1.95. The van der Waals surface area contributed by atoms with Crippen molar-refractivity contribution in [3.05, 3.63) is 24.3 Å². The number of urea groups is 1. The molecule has 0 spiro atoms. The predicted molar refractivity (Wildman–Crippen MR) is 101 cm³/mol. The summed E-state index contributed by atoms with van der Waals surface area (Å²) < 4.78 is 10.4. The van der Waals surface area contributed by atoms with E-state index in [4.69, 9.17) is 9.47 Å². The van der Waals surface area contributed by atoms with Crippen LogP contribution in [-0.2, 0) is 19.1 Å². The van der Waals surface area contributed by atoms with Crippen LogP contribution in [0.4, 0.5) is 10.5 Å². The number of carbonyl (C=O) groups is 4. The summed E-state index contributed by atoms with van der Waals surface area (Å²) in [4.78, 5) is 49.8. The van der Waals surface area contributed by atoms with Gasteiger partial charge in [0.05, 0.1) is 18.7 Å². The molecule has 1 saturated heterocycles. The molecule has 0 unspecified atom stereocenters. The molecule has 1 aromatic carbocycles. The highest BCUT2D eigenvalue weighted by Gasteiger charge is 2.38. The van der Waals surface area contributed by atoms with E-state index in [1.807, 2.05) is 0 Å². The van der Waals surface area contributed by atoms with Crippen molar-refractivity contribution in [2.24, 2.45) is 5.92 Å². The first-order chi connectivity index (χ1) is 13.2. The third-order valence-corrected chi connectivity index (χ3v) is 4.15. The molecule has 0 bridgehead atoms. The van der Waals surface area contributed by atoms with Crippen molar-refractivity contribution in [2.75, 3.05) is 18.6 Å². The van der Waals surface area contributed by atoms with Crippen LogP contribution in [0.1, 0.15) is 27.2 Å². The molecule has 2 rings (SSSR count). The summed E-state index contributed by atoms with van der Waals surface area (Å²) in [7, 11) is 1.50. The zero-order chi connectivity index (χ0) is 20.8. The topological polar surface area (TPSA) is 114 Å². The van der Waals surface area contributed by atoms with E-state index in [1.165, 1.54) is 18.9 Å². The number of carbonyl (C=O) groups excluding carboxylic acids is 4. The van der Waals surface area contributed by atoms with Gasteiger partial charge >= 0.3 is 12.0 Å². The van der Waals surface area contributed by atoms with E-state index in [9.17, 15) is 19.2 Å². The molecule has 0 saturated carbocycles. The van der Waals surface area contributed by atoms with E-state index < -0.39 is 29.9 Å². The molecule has 0 aliphatic carbocycles. The summed E-state index contributed by atoms with van der Waals surface area (Å²) in [5.74, 6) is -1.83. The van der Waals surface area contributed by atoms with Gasteiger partial charge in [-0.15, -0.1) is 0 Å². The van der Waals surface area contributed by atoms with Gasteiger partial charge in [0.1, 0.15) is 5.75 Å². The minimum Gasteiger partial charge on any atom is -0.495 e. The molecule has 2 N–H and O–H groups in total. The highest BCUT2D eigenvalue weighted by molar-refractivity contribution is 6.01. The smallest absolute Gasteiger partial charge is 0.321 e. The second-order valence-corrected chi connectivity index (χ2v) is 6.77. The van der Waals surface area contributed by atoms with Gasteiger partial charge in [0.2, 0.25) is 5.91 Å². The fraction of sp³-hybridized carbons (Fsp3) is 0.474. The minimum atomic E-state index is -1.17. The second-order valence-electron chi connectivity index (χ2n) is 6.77. The Labute approximate surface area is 163 Å². The molecule has 1 fully saturated rings. The summed E-state index contributed by atoms with van der Waals surface area (Å²) >= 11 is 0. The van der Waals surface area contributed by atoms with Crippen LogP contribution in [0.15, 0.2) is 24.3 Å². The number of amides is 4. The Morgan fingerprint density at radius 1 is 1.18 bits per heavy atom. The number of nitrogens with one attached hydrogen (secondary N) is 2. The van der Waals surface area contributed by atoms with Gasteiger partial charge in [0.15, 0.2) is 6.10 Å². The van der Waals surface area contributed by atoms with Gasteiger partial charge in [-0.25, -0.2) is 4.79 Å². The van der Waals surface area contributed by atoms with Crippen LogP contribution in [0.3, 0.4) is 0 Å². The lowest BCUT2D eigenvalue weighted by molar-refractivity contribution is -0.158. The normalized spacial score (nSPS) is 17.2. The monoisotopic (exact) mass is 391 g/mol. The standard InChI is InChI=1S/C19H25N3O6/c1-11(2)20-19(26)21-17(24)12(3)28-18(25)13-9-16(23)22(10-13)14-7-5-6-8-15(14)27-4/h5-8,11-13H,9-10H2,1-4H3,(H2,20,21,24,26)/t12-,13-/m0/s1. The molecule has 4 amide bonds. The fourth-order valence-corrected chi connectivity index (χ4v) is 2.79. The Kier molecular flexibility index (Phi) is 6.97. The minimum absolute atomic E-state index is 0.0287. The number of methoxy groups -OCH3 is 1. The Hall–Kier alpha value is -3.10. The van der Waals surface area contributed by atoms with Gasteiger partial charge in [-0.3, -0.25) is 19.7 Å². The molecule has 152 valence electrons. The van der Waals surface area contributed by atoms with Crippen LogP contribution in [-0.4, -0.2) is 49.6 Å². The lowest BCUT2D eigenvalue weighted by Crippen LogP contribution is -2.47. The van der Waals surface area contributed by atoms with Crippen molar-refractivity contribution < 1.29 is 28.7 Å². The zero-order valence-electron chi connectivity index (χ0n) is 16.4. The molecule has 1 aliphatic heterocycles. The first-order valence-electron chi connectivity index (χ1n) is 8.98. The summed E-state index contributed by atoms with van der Waals surface area (Å²) in [6.45, 7) is 4.99. The molecule has 1 heterocycles. The number of nitrogens with zero attached hydrogens (tertiary/aromatic N) is 1. The lowest BCUT2D eigenvalue weighted by Gasteiger charge is -2.20. The van der Waals surface area contributed by atoms with Gasteiger partial charge in [0, 0.05) is 19.0 Å². The molecule has 0 radical (unpaired) electrons. The molecular formula is C19H25N3O6. The van der Waals surface area contributed by atoms with Crippen molar-refractivity contribution in [3.8, 4) is 5.75 Å². The third kappa shape index (κ3) is 5.21. The van der Waals surface area contributed by atoms with Crippen molar-refractivity contribution in [3.63, 3.8) is 0 Å². The first kappa shape index (κ1) is 21.2. The summed E-state index contributed by atoms with van der Waals surface area (Å²) in [5, 5.41) is 4.61. The average molecular weight is 391 g/mol. The van der Waals surface area contributed by atoms with E-state index in [2.05, 4.69) is 10.6 Å². The number of ether oxygens (including phenoxy) is 2. The van der Waals surface area contributed by atoms with Gasteiger partial charge in [-0.2, -0.15) is 0 Å². The first-order valence-corrected chi connectivity index (χ1v) is 8.98. The quantitative estimate of drug-likeness (QED) is 0.705. The van der Waals surface area contributed by atoms with Crippen LogP contribution >= 0.6 is 0 Å². The van der Waals surface area contributed by atoms with Gasteiger partial charge in [-0.05, 0) is 32.9 Å². The number of benzene rings is 1. The summed E-state index contributed by atoms with van der Waals surface area (Å²) in [6.07, 6.45) is -1.19. The van der Waals surface area contributed by atoms with E-state index in [0.29, 0.717) is 11.4 Å². The van der Waals surface area contributed by atoms with E-state index in [-0.39, 0.29) is 24.9 Å². The van der Waals surface area contributed by atoms with Crippen LogP contribution < -0.4 is 20.3 Å². The Bertz CT molecular complexity index is 764. The molecule has 0 aromatic heterocycles. The SMILES string of the molecule is COc1ccccc1N1C[C@@H](C(=O)O[C@@H](C)C(=O)NC(=O)NC(C)C)CC1=O. The average Bonchev–Trinajstić information content (AvgIpc) is 3.02. The van der Waals surface area contributed by atoms with Crippen LogP contribution in [0.2, 0.25) is 0 Å². The van der Waals surface area contributed by atoms with Crippen LogP contribution in [0.25, 0.3) is 0 Å². The van der Waals surface area contributed by atoms with Crippen LogP contribution in [0.5, 0.6) is 5.75 Å². The highest BCUT2D eigenvalue weighted by Crippen LogP contribution is 2.33. The zero-order valence-corrected chi connectivity index (χ0v) is 16.4. The maximum Gasteiger partial charge on any atom is 0.321 e. The Morgan fingerprint density at radius 2 is 1.86 bits per heavy atom. The van der Waals surface area contributed by atoms with Crippen molar-refractivity contribution in [2.45, 2.75) is 39.3 Å². The van der Waals surface area contributed by atoms with Crippen molar-refractivity contribution in [1.29, 1.82) is 0 Å². The van der Waals surface area contributed by atoms with E-state index in [0.717, 1.165) is 0 Å². The maximum atomic E-state index is 12.4. The molecule has 28 heavy (non-hydrogen) atoms. The molecule has 1 aliphatic rings. The van der Waals surface area contributed by atoms with Gasteiger partial charge in [-0.1, -0.05) is 12.1 Å². The molecule has 9 nitrogen and oxygen atoms in total.